The van der Waals surface area contributed by atoms with Crippen molar-refractivity contribution in [1.82, 2.24) is 9.13 Å². The number of hydrogen-bond acceptors (Lipinski definition) is 0. The summed E-state index contributed by atoms with van der Waals surface area (Å²) in [5.41, 5.74) is 24.4. The molecule has 0 aliphatic heterocycles. The highest BCUT2D eigenvalue weighted by atomic mass is 15.0. The molecule has 0 bridgehead atoms. The molecular weight excluding hydrogens is 1010 g/mol. The maximum absolute atomic E-state index is 2.48. The first-order chi connectivity index (χ1) is 40.9. The Morgan fingerprint density at radius 2 is 0.488 bits per heavy atom. The lowest BCUT2D eigenvalue weighted by atomic mass is 9.79. The molecule has 0 spiro atoms. The van der Waals surface area contributed by atoms with Crippen LogP contribution in [-0.2, 0) is 10.8 Å². The van der Waals surface area contributed by atoms with E-state index in [0.717, 1.165) is 0 Å². The molecule has 402 valence electrons. The first-order valence-electron chi connectivity index (χ1n) is 29.6. The molecule has 0 saturated heterocycles. The van der Waals surface area contributed by atoms with Crippen LogP contribution in [0, 0.1) is 0 Å². The Labute approximate surface area is 492 Å². The van der Waals surface area contributed by atoms with E-state index in [1.54, 1.807) is 0 Å². The molecule has 84 heavy (non-hydrogen) atoms. The molecule has 15 rings (SSSR count). The van der Waals surface area contributed by atoms with E-state index in [2.05, 4.69) is 330 Å². The minimum Gasteiger partial charge on any atom is -0.309 e. The van der Waals surface area contributed by atoms with Gasteiger partial charge in [0.05, 0.1) is 22.1 Å². The average Bonchev–Trinajstić information content (AvgIpc) is 2.06. The molecule has 2 aromatic heterocycles. The smallest absolute Gasteiger partial charge is 0.0541 e. The van der Waals surface area contributed by atoms with E-state index in [9.17, 15) is 0 Å². The van der Waals surface area contributed by atoms with E-state index >= 15 is 0 Å². The second-order valence-electron chi connectivity index (χ2n) is 24.9. The topological polar surface area (TPSA) is 9.86 Å². The first-order valence-corrected chi connectivity index (χ1v) is 29.6. The number of fused-ring (bicyclic) bond motifs is 8. The van der Waals surface area contributed by atoms with Gasteiger partial charge in [0, 0.05) is 32.9 Å². The zero-order valence-electron chi connectivity index (χ0n) is 48.5. The van der Waals surface area contributed by atoms with Crippen LogP contribution in [0.25, 0.3) is 143 Å². The molecule has 13 aromatic carbocycles. The highest BCUT2D eigenvalue weighted by molar-refractivity contribution is 6.22. The lowest BCUT2D eigenvalue weighted by molar-refractivity contribution is 0.590. The molecule has 2 heteroatoms. The van der Waals surface area contributed by atoms with Crippen LogP contribution >= 0.6 is 0 Å². The predicted molar refractivity (Wildman–Crippen MR) is 360 cm³/mol. The fourth-order valence-electron chi connectivity index (χ4n) is 13.2. The summed E-state index contributed by atoms with van der Waals surface area (Å²) in [5, 5.41) is 10.1. The third-order valence-corrected chi connectivity index (χ3v) is 17.7. The molecule has 0 radical (unpaired) electrons. The van der Waals surface area contributed by atoms with Crippen molar-refractivity contribution in [2.75, 3.05) is 0 Å². The molecule has 0 amide bonds. The Bertz CT molecular complexity index is 4680. The Hall–Kier alpha value is -10.0. The third kappa shape index (κ3) is 8.72. The molecule has 15 aromatic rings. The number of nitrogens with zero attached hydrogens (tertiary/aromatic N) is 2. The lowest BCUT2D eigenvalue weighted by Gasteiger charge is -2.25. The van der Waals surface area contributed by atoms with Gasteiger partial charge in [0.1, 0.15) is 0 Å². The van der Waals surface area contributed by atoms with Crippen LogP contribution in [0.4, 0.5) is 0 Å². The van der Waals surface area contributed by atoms with E-state index in [4.69, 9.17) is 0 Å². The van der Waals surface area contributed by atoms with Crippen molar-refractivity contribution >= 4 is 65.2 Å². The molecule has 0 saturated carbocycles. The molecule has 0 atom stereocenters. The lowest BCUT2D eigenvalue weighted by Crippen LogP contribution is -2.11. The average molecular weight is 1080 g/mol. The van der Waals surface area contributed by atoms with Crippen molar-refractivity contribution in [3.05, 3.63) is 290 Å². The van der Waals surface area contributed by atoms with Crippen molar-refractivity contribution < 1.29 is 0 Å². The van der Waals surface area contributed by atoms with Gasteiger partial charge < -0.3 is 9.13 Å². The van der Waals surface area contributed by atoms with Crippen molar-refractivity contribution in [1.29, 1.82) is 0 Å². The van der Waals surface area contributed by atoms with Crippen molar-refractivity contribution in [3.63, 3.8) is 0 Å². The van der Waals surface area contributed by atoms with E-state index in [1.807, 2.05) is 0 Å². The molecule has 2 heterocycles. The molecule has 0 fully saturated rings. The minimum absolute atomic E-state index is 0.0355. The number of rotatable bonds is 8. The van der Waals surface area contributed by atoms with Crippen LogP contribution in [-0.4, -0.2) is 9.13 Å². The Kier molecular flexibility index (Phi) is 12.0. The first kappa shape index (κ1) is 50.9. The van der Waals surface area contributed by atoms with Crippen molar-refractivity contribution in [2.24, 2.45) is 0 Å². The summed E-state index contributed by atoms with van der Waals surface area (Å²) in [7, 11) is 0. The zero-order valence-corrected chi connectivity index (χ0v) is 48.5. The SMILES string of the molecule is CC(C)(C)c1ccc2c(-c3ccc(-c4ccc(-c5ccc6c(c5)c5ccccc5n6-c5ccccc5)cc4)cc3)c3cc(C(C)(C)C)ccc3c(-c3ccc(-c4ccc(-c5ccc6c(c5)c5ccccc5n6-c5ccccc5)cc4)cc3)c2c1. The monoisotopic (exact) mass is 1080 g/mol. The molecule has 0 aliphatic rings. The van der Waals surface area contributed by atoms with Crippen LogP contribution in [0.15, 0.2) is 279 Å². The summed E-state index contributed by atoms with van der Waals surface area (Å²) in [6.45, 7) is 13.9. The van der Waals surface area contributed by atoms with Gasteiger partial charge in [-0.25, -0.2) is 0 Å². The van der Waals surface area contributed by atoms with Gasteiger partial charge in [-0.05, 0) is 183 Å². The van der Waals surface area contributed by atoms with Gasteiger partial charge in [-0.1, -0.05) is 248 Å². The standard InChI is InChI=1S/C82H64N2/c1-81(2,3)63-43-45-69-73(51-63)79(59-37-33-55(34-38-59)53-25-29-57(30-26-53)61-41-47-77-71(49-61)67-21-13-15-23-75(67)83(77)65-17-9-7-10-18-65)70-46-44-64(82(4,5)6)52-74(70)80(69)60-39-35-56(36-40-60)54-27-31-58(32-28-54)62-42-48-78-72(50-62)68-22-14-16-24-76(68)84(78)66-19-11-8-12-20-66/h7-52H,1-6H3. The van der Waals surface area contributed by atoms with Gasteiger partial charge in [0.25, 0.3) is 0 Å². The summed E-state index contributed by atoms with van der Waals surface area (Å²) < 4.78 is 4.75. The van der Waals surface area contributed by atoms with Gasteiger partial charge in [0.2, 0.25) is 0 Å². The van der Waals surface area contributed by atoms with Crippen molar-refractivity contribution in [3.8, 4) is 78.1 Å². The van der Waals surface area contributed by atoms with Crippen LogP contribution in [0.1, 0.15) is 52.7 Å². The van der Waals surface area contributed by atoms with Crippen LogP contribution < -0.4 is 0 Å². The van der Waals surface area contributed by atoms with Gasteiger partial charge in [-0.3, -0.25) is 0 Å². The van der Waals surface area contributed by atoms with Gasteiger partial charge >= 0.3 is 0 Å². The highest BCUT2D eigenvalue weighted by Gasteiger charge is 2.24. The summed E-state index contributed by atoms with van der Waals surface area (Å²) in [4.78, 5) is 0. The molecule has 0 N–H and O–H groups in total. The Morgan fingerprint density at radius 1 is 0.202 bits per heavy atom. The molecular formula is C82H64N2. The largest absolute Gasteiger partial charge is 0.309 e. The number of benzene rings is 13. The predicted octanol–water partition coefficient (Wildman–Crippen LogP) is 22.8. The van der Waals surface area contributed by atoms with Crippen molar-refractivity contribution in [2.45, 2.75) is 52.4 Å². The minimum atomic E-state index is -0.0355. The molecule has 0 aliphatic carbocycles. The highest BCUT2D eigenvalue weighted by Crippen LogP contribution is 2.47. The Balaban J connectivity index is 0.774. The summed E-state index contributed by atoms with van der Waals surface area (Å²) in [6, 6.07) is 104. The summed E-state index contributed by atoms with van der Waals surface area (Å²) in [5.74, 6) is 0. The van der Waals surface area contributed by atoms with E-state index in [0.29, 0.717) is 0 Å². The maximum Gasteiger partial charge on any atom is 0.0541 e. The van der Waals surface area contributed by atoms with Crippen LogP contribution in [0.2, 0.25) is 0 Å². The molecule has 0 unspecified atom stereocenters. The van der Waals surface area contributed by atoms with E-state index in [-0.39, 0.29) is 10.8 Å². The number of aromatic nitrogens is 2. The second-order valence-corrected chi connectivity index (χ2v) is 24.9. The van der Waals surface area contributed by atoms with Crippen LogP contribution in [0.5, 0.6) is 0 Å². The second kappa shape index (κ2) is 19.9. The van der Waals surface area contributed by atoms with Gasteiger partial charge in [-0.15, -0.1) is 0 Å². The van der Waals surface area contributed by atoms with Gasteiger partial charge in [0.15, 0.2) is 0 Å². The summed E-state index contributed by atoms with van der Waals surface area (Å²) >= 11 is 0. The van der Waals surface area contributed by atoms with Gasteiger partial charge in [-0.2, -0.15) is 0 Å². The third-order valence-electron chi connectivity index (χ3n) is 17.7. The fourth-order valence-corrected chi connectivity index (χ4v) is 13.2. The summed E-state index contributed by atoms with van der Waals surface area (Å²) in [6.07, 6.45) is 0. The van der Waals surface area contributed by atoms with Crippen LogP contribution in [0.3, 0.4) is 0 Å². The van der Waals surface area contributed by atoms with E-state index in [1.165, 1.54) is 154 Å². The maximum atomic E-state index is 2.48. The number of para-hydroxylation sites is 4. The normalized spacial score (nSPS) is 12.2. The molecule has 2 nitrogen and oxygen atoms in total. The Morgan fingerprint density at radius 3 is 0.833 bits per heavy atom. The number of hydrogen-bond donors (Lipinski definition) is 0. The van der Waals surface area contributed by atoms with E-state index < -0.39 is 0 Å². The quantitative estimate of drug-likeness (QED) is 0.134. The fraction of sp³-hybridized carbons (Fsp3) is 0.0976. The zero-order chi connectivity index (χ0) is 56.8.